The minimum Gasteiger partial charge on any atom is -0.300 e. The summed E-state index contributed by atoms with van der Waals surface area (Å²) in [5, 5.41) is 4.74. The van der Waals surface area contributed by atoms with Gasteiger partial charge in [-0.25, -0.2) is 13.4 Å². The molecular weight excluding hydrogens is 512 g/mol. The van der Waals surface area contributed by atoms with Crippen LogP contribution in [0, 0.1) is 0 Å². The average molecular weight is 539 g/mol. The first-order chi connectivity index (χ1) is 17.8. The smallest absolute Gasteiger partial charge is 0.262 e. The molecule has 2 aromatic carbocycles. The normalized spacial score (nSPS) is 17.4. The second kappa shape index (κ2) is 10.2. The van der Waals surface area contributed by atoms with E-state index in [0.29, 0.717) is 29.5 Å². The van der Waals surface area contributed by atoms with Gasteiger partial charge in [0.15, 0.2) is 5.13 Å². The zero-order valence-corrected chi connectivity index (χ0v) is 21.8. The number of carbonyl (C=O) groups is 3. The van der Waals surface area contributed by atoms with Crippen molar-refractivity contribution in [2.24, 2.45) is 0 Å². The lowest BCUT2D eigenvalue weighted by molar-refractivity contribution is -0.119. The number of aromatic nitrogens is 1. The minimum absolute atomic E-state index is 0.247. The van der Waals surface area contributed by atoms with Crippen molar-refractivity contribution in [2.75, 3.05) is 18.4 Å². The highest BCUT2D eigenvalue weighted by molar-refractivity contribution is 7.89. The molecule has 9 nitrogen and oxygen atoms in total. The summed E-state index contributed by atoms with van der Waals surface area (Å²) in [6, 6.07) is 12.0. The molecule has 37 heavy (non-hydrogen) atoms. The average Bonchev–Trinajstić information content (AvgIpc) is 3.32. The fraction of sp³-hybridized carbons (Fsp3) is 0.308. The Hall–Kier alpha value is -3.41. The monoisotopic (exact) mass is 538 g/mol. The second-order valence-electron chi connectivity index (χ2n) is 9.07. The molecule has 0 spiro atoms. The van der Waals surface area contributed by atoms with Crippen molar-refractivity contribution in [2.45, 2.75) is 43.5 Å². The third kappa shape index (κ3) is 4.81. The number of imide groups is 1. The first-order valence-corrected chi connectivity index (χ1v) is 14.4. The van der Waals surface area contributed by atoms with E-state index in [9.17, 15) is 22.8 Å². The van der Waals surface area contributed by atoms with Crippen molar-refractivity contribution < 1.29 is 22.8 Å². The van der Waals surface area contributed by atoms with Gasteiger partial charge in [-0.1, -0.05) is 37.1 Å². The van der Waals surface area contributed by atoms with Crippen LogP contribution in [0.25, 0.3) is 11.3 Å². The van der Waals surface area contributed by atoms with Crippen molar-refractivity contribution in [3.8, 4) is 11.3 Å². The van der Waals surface area contributed by atoms with Crippen LogP contribution in [0.4, 0.5) is 5.13 Å². The van der Waals surface area contributed by atoms with Gasteiger partial charge in [0.25, 0.3) is 11.8 Å². The molecular formula is C26H26N4O5S2. The number of hydrogen-bond donors (Lipinski definition) is 1. The number of nitrogens with one attached hydrogen (secondary N) is 1. The molecule has 1 aromatic heterocycles. The zero-order valence-electron chi connectivity index (χ0n) is 20.2. The second-order valence-corrected chi connectivity index (χ2v) is 11.9. The number of fused-ring (bicyclic) bond motifs is 1. The molecule has 192 valence electrons. The van der Waals surface area contributed by atoms with E-state index in [4.69, 9.17) is 0 Å². The quantitative estimate of drug-likeness (QED) is 0.474. The number of anilines is 1. The molecule has 1 fully saturated rings. The van der Waals surface area contributed by atoms with E-state index in [1.165, 1.54) is 18.3 Å². The van der Waals surface area contributed by atoms with Crippen molar-refractivity contribution in [1.29, 1.82) is 0 Å². The number of carbonyl (C=O) groups excluding carboxylic acids is 3. The van der Waals surface area contributed by atoms with Crippen molar-refractivity contribution in [3.05, 3.63) is 65.0 Å². The molecule has 1 atom stereocenters. The van der Waals surface area contributed by atoms with E-state index in [2.05, 4.69) is 10.3 Å². The van der Waals surface area contributed by atoms with Gasteiger partial charge in [0.2, 0.25) is 15.9 Å². The summed E-state index contributed by atoms with van der Waals surface area (Å²) < 4.78 is 27.6. The summed E-state index contributed by atoms with van der Waals surface area (Å²) in [5.74, 6) is -1.54. The van der Waals surface area contributed by atoms with Crippen LogP contribution in [0.1, 0.15) is 53.3 Å². The molecule has 1 unspecified atom stereocenters. The molecule has 0 saturated carbocycles. The number of thiazole rings is 1. The molecule has 0 radical (unpaired) electrons. The van der Waals surface area contributed by atoms with E-state index in [1.807, 2.05) is 0 Å². The van der Waals surface area contributed by atoms with E-state index < -0.39 is 33.8 Å². The third-order valence-corrected chi connectivity index (χ3v) is 9.35. The predicted octanol–water partition coefficient (Wildman–Crippen LogP) is 4.00. The Morgan fingerprint density at radius 2 is 1.54 bits per heavy atom. The van der Waals surface area contributed by atoms with Gasteiger partial charge in [-0.2, -0.15) is 4.31 Å². The molecule has 3 aromatic rings. The zero-order chi connectivity index (χ0) is 26.2. The maximum absolute atomic E-state index is 13.0. The van der Waals surface area contributed by atoms with Gasteiger partial charge in [-0.3, -0.25) is 19.3 Å². The number of rotatable bonds is 6. The first-order valence-electron chi connectivity index (χ1n) is 12.1. The molecule has 3 amide bonds. The number of sulfonamides is 1. The molecule has 3 heterocycles. The topological polar surface area (TPSA) is 117 Å². The molecule has 11 heteroatoms. The van der Waals surface area contributed by atoms with Crippen LogP contribution in [0.3, 0.4) is 0 Å². The fourth-order valence-corrected chi connectivity index (χ4v) is 6.82. The van der Waals surface area contributed by atoms with Gasteiger partial charge in [0.1, 0.15) is 6.04 Å². The van der Waals surface area contributed by atoms with Gasteiger partial charge in [0, 0.05) is 24.0 Å². The molecule has 1 N–H and O–H groups in total. The molecule has 2 aliphatic heterocycles. The lowest BCUT2D eigenvalue weighted by Gasteiger charge is -2.21. The van der Waals surface area contributed by atoms with Crippen LogP contribution >= 0.6 is 11.3 Å². The Morgan fingerprint density at radius 1 is 0.946 bits per heavy atom. The SMILES string of the molecule is CC(C(=O)Nc1nc(-c2ccc(S(=O)(=O)N3CCCCCC3)cc2)cs1)N1C(=O)c2ccccc2C1=O. The van der Waals surface area contributed by atoms with Crippen molar-refractivity contribution in [3.63, 3.8) is 0 Å². The Kier molecular flexibility index (Phi) is 6.93. The maximum atomic E-state index is 13.0. The van der Waals surface area contributed by atoms with Crippen LogP contribution in [0.5, 0.6) is 0 Å². The first kappa shape index (κ1) is 25.2. The van der Waals surface area contributed by atoms with E-state index in [0.717, 1.165) is 30.6 Å². The van der Waals surface area contributed by atoms with Crippen LogP contribution in [-0.4, -0.2) is 59.5 Å². The minimum atomic E-state index is -3.54. The van der Waals surface area contributed by atoms with Crippen LogP contribution in [-0.2, 0) is 14.8 Å². The predicted molar refractivity (Wildman–Crippen MR) is 140 cm³/mol. The summed E-state index contributed by atoms with van der Waals surface area (Å²) in [6.07, 6.45) is 3.84. The highest BCUT2D eigenvalue weighted by atomic mass is 32.2. The van der Waals surface area contributed by atoms with Gasteiger partial charge in [-0.15, -0.1) is 11.3 Å². The van der Waals surface area contributed by atoms with Crippen LogP contribution < -0.4 is 5.32 Å². The highest BCUT2D eigenvalue weighted by Gasteiger charge is 2.40. The van der Waals surface area contributed by atoms with Crippen molar-refractivity contribution >= 4 is 44.2 Å². The molecule has 5 rings (SSSR count). The lowest BCUT2D eigenvalue weighted by Crippen LogP contribution is -2.45. The summed E-state index contributed by atoms with van der Waals surface area (Å²) in [7, 11) is -3.54. The Bertz CT molecular complexity index is 1420. The van der Waals surface area contributed by atoms with Crippen LogP contribution in [0.15, 0.2) is 58.8 Å². The molecule has 0 bridgehead atoms. The van der Waals surface area contributed by atoms with Crippen LogP contribution in [0.2, 0.25) is 0 Å². The van der Waals surface area contributed by atoms with Gasteiger partial charge >= 0.3 is 0 Å². The summed E-state index contributed by atoms with van der Waals surface area (Å²) in [5.41, 5.74) is 1.85. The number of benzene rings is 2. The largest absolute Gasteiger partial charge is 0.300 e. The summed E-state index contributed by atoms with van der Waals surface area (Å²) in [6.45, 7) is 2.58. The Morgan fingerprint density at radius 3 is 2.14 bits per heavy atom. The summed E-state index contributed by atoms with van der Waals surface area (Å²) in [4.78, 5) is 43.9. The van der Waals surface area contributed by atoms with Crippen molar-refractivity contribution in [1.82, 2.24) is 14.2 Å². The number of amides is 3. The molecule has 1 saturated heterocycles. The van der Waals surface area contributed by atoms with E-state index in [1.54, 1.807) is 58.2 Å². The van der Waals surface area contributed by atoms with Gasteiger partial charge < -0.3 is 5.32 Å². The third-order valence-electron chi connectivity index (χ3n) is 6.68. The Balaban J connectivity index is 1.26. The number of hydrogen-bond acceptors (Lipinski definition) is 7. The van der Waals surface area contributed by atoms with E-state index >= 15 is 0 Å². The molecule has 2 aliphatic rings. The molecule has 0 aliphatic carbocycles. The highest BCUT2D eigenvalue weighted by Crippen LogP contribution is 2.29. The fourth-order valence-electron chi connectivity index (χ4n) is 4.58. The standard InChI is InChI=1S/C26H26N4O5S2/c1-17(30-24(32)20-8-4-5-9-21(20)25(30)33)23(31)28-26-27-22(16-36-26)18-10-12-19(13-11-18)37(34,35)29-14-6-2-3-7-15-29/h4-5,8-13,16-17H,2-3,6-7,14-15H2,1H3,(H,27,28,31). The van der Waals surface area contributed by atoms with Gasteiger partial charge in [-0.05, 0) is 44.0 Å². The van der Waals surface area contributed by atoms with E-state index in [-0.39, 0.29) is 16.0 Å². The Labute approximate surface area is 219 Å². The lowest BCUT2D eigenvalue weighted by atomic mass is 10.1. The number of nitrogens with zero attached hydrogens (tertiary/aromatic N) is 3. The summed E-state index contributed by atoms with van der Waals surface area (Å²) >= 11 is 1.20. The van der Waals surface area contributed by atoms with Gasteiger partial charge in [0.05, 0.1) is 21.7 Å². The maximum Gasteiger partial charge on any atom is 0.262 e.